The van der Waals surface area contributed by atoms with Crippen molar-refractivity contribution in [3.8, 4) is 0 Å². The zero-order chi connectivity index (χ0) is 14.8. The van der Waals surface area contributed by atoms with Crippen molar-refractivity contribution in [3.63, 3.8) is 0 Å². The minimum absolute atomic E-state index is 0. The number of aryl methyl sites for hydroxylation is 1. The summed E-state index contributed by atoms with van der Waals surface area (Å²) in [4.78, 5) is 0. The highest BCUT2D eigenvalue weighted by Gasteiger charge is 2.34. The average Bonchev–Trinajstić information content (AvgIpc) is 2.70. The minimum Gasteiger partial charge on any atom is -0.307 e. The monoisotopic (exact) mass is 323 g/mol. The second-order valence-corrected chi connectivity index (χ2v) is 4.38. The highest BCUT2D eigenvalue weighted by molar-refractivity contribution is 5.85. The summed E-state index contributed by atoms with van der Waals surface area (Å²) in [7, 11) is 1.25. The Balaban J connectivity index is 0.00000220. The Bertz CT molecular complexity index is 595. The summed E-state index contributed by atoms with van der Waals surface area (Å²) in [5.41, 5.74) is 0.216. The number of alkyl halides is 3. The zero-order valence-electron chi connectivity index (χ0n) is 11.1. The van der Waals surface area contributed by atoms with Gasteiger partial charge in [0.05, 0.1) is 5.69 Å². The van der Waals surface area contributed by atoms with Crippen LogP contribution in [0.2, 0.25) is 0 Å². The molecule has 0 spiro atoms. The van der Waals surface area contributed by atoms with Gasteiger partial charge in [0, 0.05) is 20.1 Å². The van der Waals surface area contributed by atoms with E-state index in [2.05, 4.69) is 10.4 Å². The van der Waals surface area contributed by atoms with E-state index < -0.39 is 11.9 Å². The Morgan fingerprint density at radius 3 is 2.48 bits per heavy atom. The van der Waals surface area contributed by atoms with Gasteiger partial charge in [-0.25, -0.2) is 4.39 Å². The number of hydrogen-bond acceptors (Lipinski definition) is 2. The molecule has 1 heterocycles. The van der Waals surface area contributed by atoms with Gasteiger partial charge >= 0.3 is 6.18 Å². The van der Waals surface area contributed by atoms with E-state index in [1.165, 1.54) is 19.2 Å². The maximum absolute atomic E-state index is 12.9. The number of benzene rings is 1. The Morgan fingerprint density at radius 2 is 1.90 bits per heavy atom. The van der Waals surface area contributed by atoms with Gasteiger partial charge in [-0.05, 0) is 23.8 Å². The normalized spacial score (nSPS) is 11.3. The van der Waals surface area contributed by atoms with Gasteiger partial charge in [-0.3, -0.25) is 4.68 Å². The zero-order valence-corrected chi connectivity index (χ0v) is 11.9. The lowest BCUT2D eigenvalue weighted by Gasteiger charge is -2.04. The van der Waals surface area contributed by atoms with Crippen LogP contribution in [0.3, 0.4) is 0 Å². The molecule has 1 N–H and O–H groups in total. The number of halogens is 5. The fourth-order valence-corrected chi connectivity index (χ4v) is 1.86. The van der Waals surface area contributed by atoms with Crippen LogP contribution < -0.4 is 5.32 Å². The molecule has 2 aromatic rings. The van der Waals surface area contributed by atoms with Crippen LogP contribution in [-0.4, -0.2) is 9.78 Å². The van der Waals surface area contributed by atoms with Crippen LogP contribution >= 0.6 is 12.4 Å². The molecule has 116 valence electrons. The van der Waals surface area contributed by atoms with Gasteiger partial charge in [-0.15, -0.1) is 12.4 Å². The third kappa shape index (κ3) is 4.71. The van der Waals surface area contributed by atoms with Crippen LogP contribution in [0, 0.1) is 5.82 Å². The molecule has 0 aliphatic rings. The van der Waals surface area contributed by atoms with Crippen molar-refractivity contribution in [1.82, 2.24) is 15.1 Å². The fourth-order valence-electron chi connectivity index (χ4n) is 1.86. The van der Waals surface area contributed by atoms with Crippen LogP contribution in [0.1, 0.15) is 17.0 Å². The van der Waals surface area contributed by atoms with Crippen LogP contribution in [0.25, 0.3) is 0 Å². The standard InChI is InChI=1S/C13H13F4N3.ClH/c1-20-12(13(15,16)17)6-11(19-20)8-18-7-9-3-2-4-10(14)5-9;/h2-6,18H,7-8H2,1H3;1H. The van der Waals surface area contributed by atoms with E-state index in [1.54, 1.807) is 12.1 Å². The molecular formula is C13H14ClF4N3. The van der Waals surface area contributed by atoms with E-state index in [4.69, 9.17) is 0 Å². The third-order valence-electron chi connectivity index (χ3n) is 2.75. The van der Waals surface area contributed by atoms with Gasteiger partial charge in [-0.1, -0.05) is 12.1 Å². The van der Waals surface area contributed by atoms with Gasteiger partial charge < -0.3 is 5.32 Å². The highest BCUT2D eigenvalue weighted by atomic mass is 35.5. The molecule has 0 aliphatic heterocycles. The van der Waals surface area contributed by atoms with Crippen molar-refractivity contribution in [1.29, 1.82) is 0 Å². The summed E-state index contributed by atoms with van der Waals surface area (Å²) >= 11 is 0. The predicted molar refractivity (Wildman–Crippen MR) is 72.4 cm³/mol. The van der Waals surface area contributed by atoms with Crippen molar-refractivity contribution >= 4 is 12.4 Å². The molecule has 0 aliphatic carbocycles. The second kappa shape index (κ2) is 6.91. The smallest absolute Gasteiger partial charge is 0.307 e. The molecule has 0 fully saturated rings. The molecule has 0 bridgehead atoms. The van der Waals surface area contributed by atoms with E-state index in [-0.39, 0.29) is 30.5 Å². The average molecular weight is 324 g/mol. The van der Waals surface area contributed by atoms with Crippen molar-refractivity contribution in [2.75, 3.05) is 0 Å². The SMILES string of the molecule is Cl.Cn1nc(CNCc2cccc(F)c2)cc1C(F)(F)F. The summed E-state index contributed by atoms with van der Waals surface area (Å²) in [5.74, 6) is -0.346. The van der Waals surface area contributed by atoms with E-state index in [0.717, 1.165) is 16.3 Å². The molecule has 1 aromatic carbocycles. The summed E-state index contributed by atoms with van der Waals surface area (Å²) in [5, 5.41) is 6.71. The number of nitrogens with zero attached hydrogens (tertiary/aromatic N) is 2. The predicted octanol–water partition coefficient (Wildman–Crippen LogP) is 3.29. The summed E-state index contributed by atoms with van der Waals surface area (Å²) < 4.78 is 51.5. The molecule has 0 atom stereocenters. The highest BCUT2D eigenvalue weighted by Crippen LogP contribution is 2.29. The molecule has 0 saturated heterocycles. The maximum atomic E-state index is 12.9. The molecule has 8 heteroatoms. The topological polar surface area (TPSA) is 29.9 Å². The fraction of sp³-hybridized carbons (Fsp3) is 0.308. The molecule has 0 amide bonds. The minimum atomic E-state index is -4.41. The molecule has 3 nitrogen and oxygen atoms in total. The van der Waals surface area contributed by atoms with E-state index >= 15 is 0 Å². The van der Waals surface area contributed by atoms with Crippen LogP contribution in [0.5, 0.6) is 0 Å². The van der Waals surface area contributed by atoms with Crippen molar-refractivity contribution in [2.24, 2.45) is 7.05 Å². The molecule has 1 aromatic heterocycles. The summed E-state index contributed by atoms with van der Waals surface area (Å²) in [6, 6.07) is 7.01. The summed E-state index contributed by atoms with van der Waals surface area (Å²) in [6.45, 7) is 0.538. The van der Waals surface area contributed by atoms with Crippen LogP contribution in [-0.2, 0) is 26.3 Å². The van der Waals surface area contributed by atoms with Crippen LogP contribution in [0.15, 0.2) is 30.3 Å². The first-order valence-electron chi connectivity index (χ1n) is 5.91. The largest absolute Gasteiger partial charge is 0.433 e. The molecule has 2 rings (SSSR count). The van der Waals surface area contributed by atoms with E-state index in [9.17, 15) is 17.6 Å². The lowest BCUT2D eigenvalue weighted by atomic mass is 10.2. The van der Waals surface area contributed by atoms with Gasteiger partial charge in [-0.2, -0.15) is 18.3 Å². The van der Waals surface area contributed by atoms with Crippen LogP contribution in [0.4, 0.5) is 17.6 Å². The first-order chi connectivity index (χ1) is 9.36. The molecule has 0 radical (unpaired) electrons. The third-order valence-corrected chi connectivity index (χ3v) is 2.75. The van der Waals surface area contributed by atoms with E-state index in [0.29, 0.717) is 6.54 Å². The van der Waals surface area contributed by atoms with Gasteiger partial charge in [0.25, 0.3) is 0 Å². The number of nitrogens with one attached hydrogen (secondary N) is 1. The van der Waals surface area contributed by atoms with Crippen molar-refractivity contribution in [2.45, 2.75) is 19.3 Å². The maximum Gasteiger partial charge on any atom is 0.433 e. The lowest BCUT2D eigenvalue weighted by molar-refractivity contribution is -0.143. The van der Waals surface area contributed by atoms with Crippen molar-refractivity contribution < 1.29 is 17.6 Å². The first-order valence-corrected chi connectivity index (χ1v) is 5.91. The quantitative estimate of drug-likeness (QED) is 0.875. The summed E-state index contributed by atoms with van der Waals surface area (Å²) in [6.07, 6.45) is -4.41. The van der Waals surface area contributed by atoms with Gasteiger partial charge in [0.15, 0.2) is 0 Å². The van der Waals surface area contributed by atoms with Crippen molar-refractivity contribution in [3.05, 3.63) is 53.1 Å². The number of rotatable bonds is 4. The molecule has 0 unspecified atom stereocenters. The Hall–Kier alpha value is -1.60. The Labute approximate surface area is 125 Å². The molecular weight excluding hydrogens is 310 g/mol. The Morgan fingerprint density at radius 1 is 1.19 bits per heavy atom. The van der Waals surface area contributed by atoms with Gasteiger partial charge in [0.2, 0.25) is 0 Å². The molecule has 0 saturated carbocycles. The second-order valence-electron chi connectivity index (χ2n) is 4.38. The van der Waals surface area contributed by atoms with Gasteiger partial charge in [0.1, 0.15) is 11.5 Å². The van der Waals surface area contributed by atoms with E-state index in [1.807, 2.05) is 0 Å². The number of hydrogen-bond donors (Lipinski definition) is 1. The first kappa shape index (κ1) is 17.5. The Kier molecular flexibility index (Phi) is 5.74. The lowest BCUT2D eigenvalue weighted by Crippen LogP contribution is -2.13. The molecule has 21 heavy (non-hydrogen) atoms. The number of aromatic nitrogens is 2.